The molecule has 0 spiro atoms. The fourth-order valence-electron chi connectivity index (χ4n) is 3.36. The number of hydrogen-bond acceptors (Lipinski definition) is 5. The van der Waals surface area contributed by atoms with Crippen LogP contribution in [0.2, 0.25) is 0 Å². The van der Waals surface area contributed by atoms with Gasteiger partial charge in [0.25, 0.3) is 5.82 Å². The van der Waals surface area contributed by atoms with Crippen molar-refractivity contribution in [3.63, 3.8) is 0 Å². The molecular formula is C20H19FN4O3. The number of nitrogen functional groups attached to an aromatic ring is 1. The zero-order chi connectivity index (χ0) is 20.7. The molecule has 0 aliphatic rings. The molecule has 2 N–H and O–H groups in total. The largest absolute Gasteiger partial charge is 0.496 e. The van der Waals surface area contributed by atoms with E-state index in [0.717, 1.165) is 0 Å². The monoisotopic (exact) mass is 382 g/mol. The highest BCUT2D eigenvalue weighted by molar-refractivity contribution is 6.09. The maximum atomic E-state index is 14.6. The van der Waals surface area contributed by atoms with E-state index in [2.05, 4.69) is 9.83 Å². The van der Waals surface area contributed by atoms with E-state index in [1.807, 2.05) is 0 Å². The minimum Gasteiger partial charge on any atom is -0.496 e. The number of nitrogens with zero attached hydrogens (tertiary/aromatic N) is 3. The predicted molar refractivity (Wildman–Crippen MR) is 104 cm³/mol. The Kier molecular flexibility index (Phi) is 4.69. The number of methoxy groups -OCH3 is 2. The Balaban J connectivity index is 2.57. The average molecular weight is 382 g/mol. The van der Waals surface area contributed by atoms with Crippen LogP contribution >= 0.6 is 0 Å². The van der Waals surface area contributed by atoms with E-state index in [-0.39, 0.29) is 22.8 Å². The van der Waals surface area contributed by atoms with Crippen molar-refractivity contribution in [2.75, 3.05) is 20.0 Å². The quantitative estimate of drug-likeness (QED) is 0.546. The second kappa shape index (κ2) is 6.85. The van der Waals surface area contributed by atoms with Gasteiger partial charge in [0, 0.05) is 17.2 Å². The summed E-state index contributed by atoms with van der Waals surface area (Å²) in [6.07, 6.45) is 0. The van der Waals surface area contributed by atoms with Crippen LogP contribution in [0.5, 0.6) is 5.75 Å². The Hall–Kier alpha value is -3.60. The molecular weight excluding hydrogens is 363 g/mol. The molecule has 0 saturated carbocycles. The predicted octanol–water partition coefficient (Wildman–Crippen LogP) is 4.02. The highest BCUT2D eigenvalue weighted by atomic mass is 19.1. The van der Waals surface area contributed by atoms with E-state index in [9.17, 15) is 9.18 Å². The Labute approximate surface area is 161 Å². The number of ether oxygens (including phenoxy) is 2. The van der Waals surface area contributed by atoms with Crippen molar-refractivity contribution >= 4 is 28.6 Å². The Morgan fingerprint density at radius 3 is 2.50 bits per heavy atom. The first-order valence-electron chi connectivity index (χ1n) is 8.38. The normalized spacial score (nSPS) is 10.8. The molecule has 0 bridgehead atoms. The van der Waals surface area contributed by atoms with Gasteiger partial charge in [-0.05, 0) is 26.3 Å². The van der Waals surface area contributed by atoms with Gasteiger partial charge in [-0.2, -0.15) is 0 Å². The third-order valence-electron chi connectivity index (χ3n) is 4.78. The number of esters is 1. The van der Waals surface area contributed by atoms with E-state index >= 15 is 0 Å². The maximum absolute atomic E-state index is 14.6. The van der Waals surface area contributed by atoms with Crippen LogP contribution in [-0.2, 0) is 4.74 Å². The van der Waals surface area contributed by atoms with Gasteiger partial charge in [0.1, 0.15) is 22.9 Å². The van der Waals surface area contributed by atoms with Crippen LogP contribution in [0, 0.1) is 33.2 Å². The number of pyridine rings is 1. The lowest BCUT2D eigenvalue weighted by molar-refractivity contribution is 0.0604. The minimum atomic E-state index is -0.642. The number of benzene rings is 1. The van der Waals surface area contributed by atoms with Gasteiger partial charge in [-0.3, -0.25) is 4.57 Å². The summed E-state index contributed by atoms with van der Waals surface area (Å²) in [5.74, 6) is -0.583. The first kappa shape index (κ1) is 19.2. The van der Waals surface area contributed by atoms with Crippen LogP contribution in [-0.4, -0.2) is 29.7 Å². The summed E-state index contributed by atoms with van der Waals surface area (Å²) in [7, 11) is 2.69. The number of anilines is 1. The fraction of sp³-hybridized carbons (Fsp3) is 0.250. The van der Waals surface area contributed by atoms with Crippen molar-refractivity contribution in [3.05, 3.63) is 51.6 Å². The molecule has 7 nitrogen and oxygen atoms in total. The third kappa shape index (κ3) is 2.63. The molecule has 2 aromatic heterocycles. The van der Waals surface area contributed by atoms with Crippen molar-refractivity contribution in [2.45, 2.75) is 20.8 Å². The van der Waals surface area contributed by atoms with E-state index in [1.165, 1.54) is 24.9 Å². The first-order chi connectivity index (χ1) is 13.3. The average Bonchev–Trinajstić information content (AvgIpc) is 2.94. The highest BCUT2D eigenvalue weighted by Gasteiger charge is 2.29. The van der Waals surface area contributed by atoms with Crippen LogP contribution in [0.1, 0.15) is 27.0 Å². The van der Waals surface area contributed by atoms with Gasteiger partial charge in [-0.15, -0.1) is 4.98 Å². The number of rotatable bonds is 3. The number of carbonyl (C=O) groups excluding carboxylic acids is 1. The minimum absolute atomic E-state index is 0.0507. The summed E-state index contributed by atoms with van der Waals surface area (Å²) < 4.78 is 26.2. The lowest BCUT2D eigenvalue weighted by atomic mass is 10.1. The van der Waals surface area contributed by atoms with E-state index < -0.39 is 11.8 Å². The van der Waals surface area contributed by atoms with Crippen molar-refractivity contribution in [1.82, 2.24) is 9.55 Å². The zero-order valence-corrected chi connectivity index (χ0v) is 16.2. The van der Waals surface area contributed by atoms with Crippen molar-refractivity contribution in [1.29, 1.82) is 0 Å². The summed E-state index contributed by atoms with van der Waals surface area (Å²) in [5, 5.41) is 0.427. The van der Waals surface area contributed by atoms with E-state index in [1.54, 1.807) is 26.8 Å². The maximum Gasteiger partial charge on any atom is 0.342 e. The van der Waals surface area contributed by atoms with Gasteiger partial charge >= 0.3 is 5.97 Å². The molecule has 0 radical (unpaired) electrons. The van der Waals surface area contributed by atoms with Crippen LogP contribution < -0.4 is 10.5 Å². The molecule has 2 heterocycles. The number of nitrogens with two attached hydrogens (primary N) is 1. The van der Waals surface area contributed by atoms with E-state index in [0.29, 0.717) is 33.5 Å². The standard InChI is InChI=1S/C20H19FN4O3/c1-9-7-12-15(20(26)28-6)17(22)25(19(12)24-18(9)23-4)16-10(2)13(21)8-14(27-5)11(16)3/h7-8H,22H2,1-3,5-6H3. The summed E-state index contributed by atoms with van der Waals surface area (Å²) in [6, 6.07) is 2.95. The van der Waals surface area contributed by atoms with Gasteiger partial charge in [-0.1, -0.05) is 12.6 Å². The van der Waals surface area contributed by atoms with Crippen LogP contribution in [0.15, 0.2) is 12.1 Å². The summed E-state index contributed by atoms with van der Waals surface area (Å²) in [5.41, 5.74) is 8.64. The molecule has 0 atom stereocenters. The van der Waals surface area contributed by atoms with Crippen LogP contribution in [0.3, 0.4) is 0 Å². The molecule has 1 aromatic carbocycles. The molecule has 0 saturated heterocycles. The zero-order valence-electron chi connectivity index (χ0n) is 16.2. The number of aromatic nitrogens is 2. The second-order valence-corrected chi connectivity index (χ2v) is 6.36. The number of halogens is 1. The molecule has 0 fully saturated rings. The molecule has 0 unspecified atom stereocenters. The first-order valence-corrected chi connectivity index (χ1v) is 8.38. The smallest absolute Gasteiger partial charge is 0.342 e. The van der Waals surface area contributed by atoms with Gasteiger partial charge in [-0.25, -0.2) is 9.18 Å². The molecule has 0 aliphatic heterocycles. The molecule has 0 amide bonds. The number of aryl methyl sites for hydroxylation is 1. The van der Waals surface area contributed by atoms with E-state index in [4.69, 9.17) is 21.8 Å². The lowest BCUT2D eigenvalue weighted by Gasteiger charge is -2.16. The Morgan fingerprint density at radius 1 is 1.25 bits per heavy atom. The van der Waals surface area contributed by atoms with Gasteiger partial charge < -0.3 is 20.1 Å². The van der Waals surface area contributed by atoms with Crippen molar-refractivity contribution in [3.8, 4) is 11.4 Å². The molecule has 0 aliphatic carbocycles. The van der Waals surface area contributed by atoms with Gasteiger partial charge in [0.15, 0.2) is 0 Å². The topological polar surface area (TPSA) is 83.7 Å². The summed E-state index contributed by atoms with van der Waals surface area (Å²) >= 11 is 0. The number of hydrogen-bond donors (Lipinski definition) is 1. The molecule has 8 heteroatoms. The second-order valence-electron chi connectivity index (χ2n) is 6.36. The van der Waals surface area contributed by atoms with Crippen LogP contribution in [0.4, 0.5) is 16.0 Å². The number of carbonyl (C=O) groups is 1. The van der Waals surface area contributed by atoms with Crippen molar-refractivity contribution in [2.24, 2.45) is 0 Å². The fourth-order valence-corrected chi connectivity index (χ4v) is 3.36. The Morgan fingerprint density at radius 2 is 1.93 bits per heavy atom. The molecule has 3 aromatic rings. The molecule has 3 rings (SSSR count). The third-order valence-corrected chi connectivity index (χ3v) is 4.78. The molecule has 144 valence electrons. The Bertz CT molecular complexity index is 1180. The number of fused-ring (bicyclic) bond motifs is 1. The summed E-state index contributed by atoms with van der Waals surface area (Å²) in [4.78, 5) is 20.2. The lowest BCUT2D eigenvalue weighted by Crippen LogP contribution is -2.10. The van der Waals surface area contributed by atoms with Gasteiger partial charge in [0.2, 0.25) is 5.65 Å². The SMILES string of the molecule is [C-]#[N+]c1nc2c(cc1C)c(C(=O)OC)c(N)n2-c1c(C)c(F)cc(OC)c1C. The van der Waals surface area contributed by atoms with Gasteiger partial charge in [0.05, 0.1) is 25.3 Å². The molecule has 28 heavy (non-hydrogen) atoms. The highest BCUT2D eigenvalue weighted by Crippen LogP contribution is 2.38. The van der Waals surface area contributed by atoms with Crippen LogP contribution in [0.25, 0.3) is 21.6 Å². The van der Waals surface area contributed by atoms with Crippen molar-refractivity contribution < 1.29 is 18.7 Å². The summed E-state index contributed by atoms with van der Waals surface area (Å²) in [6.45, 7) is 12.4.